The zero-order chi connectivity index (χ0) is 21.7. The number of carboxylic acids is 2. The van der Waals surface area contributed by atoms with E-state index >= 15 is 0 Å². The molecule has 0 spiro atoms. The number of rotatable bonds is 6. The van der Waals surface area contributed by atoms with E-state index in [-0.39, 0.29) is 70.2 Å². The molecule has 3 aromatic rings. The Bertz CT molecular complexity index is 1080. The Morgan fingerprint density at radius 3 is 1.16 bits per heavy atom. The molecule has 0 heterocycles. The van der Waals surface area contributed by atoms with Gasteiger partial charge < -0.3 is 20.4 Å². The minimum Gasteiger partial charge on any atom is -0.872 e. The smallest absolute Gasteiger partial charge is 0.872 e. The van der Waals surface area contributed by atoms with Crippen LogP contribution >= 0.6 is 0 Å². The maximum absolute atomic E-state index is 11.5. The third-order valence-electron chi connectivity index (χ3n) is 4.34. The van der Waals surface area contributed by atoms with Crippen LogP contribution in [0.2, 0.25) is 0 Å². The summed E-state index contributed by atoms with van der Waals surface area (Å²) < 4.78 is 0. The van der Waals surface area contributed by atoms with E-state index in [1.54, 1.807) is 36.4 Å². The van der Waals surface area contributed by atoms with Crippen molar-refractivity contribution in [2.24, 2.45) is 0 Å². The fourth-order valence-corrected chi connectivity index (χ4v) is 2.74. The van der Waals surface area contributed by atoms with Crippen molar-refractivity contribution >= 4 is 36.2 Å². The monoisotopic (exact) mass is 446 g/mol. The molecule has 0 amide bonds. The molecular formula is C24H16Na2O6. The molecule has 6 nitrogen and oxygen atoms in total. The van der Waals surface area contributed by atoms with Gasteiger partial charge in [0.05, 0.1) is 11.1 Å². The number of hydrogen-bond acceptors (Lipinski definition) is 4. The second kappa shape index (κ2) is 12.6. The fraction of sp³-hybridized carbons (Fsp3) is 0. The van der Waals surface area contributed by atoms with Gasteiger partial charge in [-0.3, -0.25) is 0 Å². The first-order valence-electron chi connectivity index (χ1n) is 8.88. The van der Waals surface area contributed by atoms with Crippen molar-refractivity contribution in [2.45, 2.75) is 0 Å². The number of hydrogen-bond donors (Lipinski definition) is 2. The second-order valence-electron chi connectivity index (χ2n) is 6.45. The third kappa shape index (κ3) is 7.38. The quantitative estimate of drug-likeness (QED) is 0.321. The summed E-state index contributed by atoms with van der Waals surface area (Å²) in [4.78, 5) is 22.1. The number of carboxylic acid groups (broad SMARTS) is 2. The molecular weight excluding hydrogens is 430 g/mol. The summed E-state index contributed by atoms with van der Waals surface area (Å²) in [7, 11) is 0. The number of benzene rings is 3. The van der Waals surface area contributed by atoms with Crippen molar-refractivity contribution in [1.82, 2.24) is 0 Å². The van der Waals surface area contributed by atoms with Gasteiger partial charge >= 0.3 is 71.1 Å². The predicted molar refractivity (Wildman–Crippen MR) is 110 cm³/mol. The molecule has 2 N–H and O–H groups in total. The maximum atomic E-state index is 11.5. The average Bonchev–Trinajstić information content (AvgIpc) is 2.73. The van der Waals surface area contributed by atoms with Gasteiger partial charge in [-0.1, -0.05) is 84.3 Å². The van der Waals surface area contributed by atoms with Gasteiger partial charge in [-0.05, 0) is 34.4 Å². The topological polar surface area (TPSA) is 121 Å². The first-order chi connectivity index (χ1) is 14.3. The Labute approximate surface area is 229 Å². The number of aromatic carboxylic acids is 2. The van der Waals surface area contributed by atoms with Crippen LogP contribution in [0.1, 0.15) is 43.0 Å². The Hall–Kier alpha value is -2.32. The van der Waals surface area contributed by atoms with Gasteiger partial charge in [-0.2, -0.15) is 0 Å². The van der Waals surface area contributed by atoms with Crippen molar-refractivity contribution in [3.8, 4) is 11.5 Å². The van der Waals surface area contributed by atoms with Crippen LogP contribution < -0.4 is 69.3 Å². The molecule has 8 heteroatoms. The summed E-state index contributed by atoms with van der Waals surface area (Å²) >= 11 is 0. The fourth-order valence-electron chi connectivity index (χ4n) is 2.74. The summed E-state index contributed by atoms with van der Waals surface area (Å²) in [5.41, 5.74) is 2.42. The van der Waals surface area contributed by atoms with Gasteiger partial charge in [0.25, 0.3) is 0 Å². The Morgan fingerprint density at radius 2 is 0.844 bits per heavy atom. The van der Waals surface area contributed by atoms with Crippen molar-refractivity contribution in [3.63, 3.8) is 0 Å². The van der Waals surface area contributed by atoms with Crippen LogP contribution in [0, 0.1) is 0 Å². The molecule has 0 bridgehead atoms. The summed E-state index contributed by atoms with van der Waals surface area (Å²) in [6.45, 7) is 0. The minimum atomic E-state index is -1.26. The van der Waals surface area contributed by atoms with E-state index < -0.39 is 23.4 Å². The van der Waals surface area contributed by atoms with Crippen molar-refractivity contribution in [2.75, 3.05) is 0 Å². The van der Waals surface area contributed by atoms with Crippen LogP contribution in [0.4, 0.5) is 0 Å². The van der Waals surface area contributed by atoms with E-state index in [0.29, 0.717) is 11.1 Å². The molecule has 0 saturated carbocycles. The van der Waals surface area contributed by atoms with E-state index in [9.17, 15) is 19.8 Å². The largest absolute Gasteiger partial charge is 1.00 e. The number of carbonyl (C=O) groups is 2. The van der Waals surface area contributed by atoms with Crippen LogP contribution in [0.5, 0.6) is 11.5 Å². The van der Waals surface area contributed by atoms with E-state index in [2.05, 4.69) is 0 Å². The van der Waals surface area contributed by atoms with Crippen molar-refractivity contribution in [3.05, 3.63) is 94.0 Å². The van der Waals surface area contributed by atoms with Crippen LogP contribution in [-0.2, 0) is 0 Å². The molecule has 0 aliphatic heterocycles. The summed E-state index contributed by atoms with van der Waals surface area (Å²) in [6, 6.07) is 15.7. The molecule has 3 rings (SSSR count). The molecule has 150 valence electrons. The predicted octanol–water partition coefficient (Wildman–Crippen LogP) is -2.42. The van der Waals surface area contributed by atoms with Crippen molar-refractivity contribution in [1.29, 1.82) is 0 Å². The van der Waals surface area contributed by atoms with E-state index in [4.69, 9.17) is 10.2 Å². The Kier molecular flexibility index (Phi) is 11.0. The molecule has 0 radical (unpaired) electrons. The SMILES string of the molecule is O=C(O)c1cc(C=Cc2ccc(C=Cc3ccc([O-])c(C(=O)O)c3)cc2)ccc1[O-].[Na+].[Na+]. The normalized spacial score (nSPS) is 10.5. The van der Waals surface area contributed by atoms with Crippen molar-refractivity contribution < 1.29 is 89.1 Å². The van der Waals surface area contributed by atoms with Gasteiger partial charge in [-0.25, -0.2) is 9.59 Å². The van der Waals surface area contributed by atoms with Gasteiger partial charge in [0.1, 0.15) is 0 Å². The molecule has 3 aromatic carbocycles. The first kappa shape index (κ1) is 27.7. The molecule has 0 fully saturated rings. The Balaban J connectivity index is 0.00000256. The van der Waals surface area contributed by atoms with E-state index in [0.717, 1.165) is 11.1 Å². The van der Waals surface area contributed by atoms with E-state index in [1.807, 2.05) is 24.3 Å². The van der Waals surface area contributed by atoms with E-state index in [1.165, 1.54) is 24.3 Å². The minimum absolute atomic E-state index is 0. The van der Waals surface area contributed by atoms with Crippen LogP contribution in [0.3, 0.4) is 0 Å². The standard InChI is InChI=1S/C24H18O6.2Na/c25-21-11-9-17(13-19(21)23(27)28)7-5-15-1-2-16(4-3-15)6-8-18-10-12-22(26)20(14-18)24(29)30;;/h1-14,25-26H,(H,27,28)(H,29,30);;/q;2*+1/p-2. The average molecular weight is 446 g/mol. The molecule has 0 aliphatic rings. The first-order valence-corrected chi connectivity index (χ1v) is 8.88. The molecule has 0 aromatic heterocycles. The molecule has 0 saturated heterocycles. The summed E-state index contributed by atoms with van der Waals surface area (Å²) in [5.74, 6) is -3.58. The van der Waals surface area contributed by atoms with Crippen LogP contribution in [0.15, 0.2) is 60.7 Å². The Morgan fingerprint density at radius 1 is 0.562 bits per heavy atom. The zero-order valence-corrected chi connectivity index (χ0v) is 21.6. The zero-order valence-electron chi connectivity index (χ0n) is 17.6. The van der Waals surface area contributed by atoms with Gasteiger partial charge in [0.2, 0.25) is 0 Å². The third-order valence-corrected chi connectivity index (χ3v) is 4.34. The van der Waals surface area contributed by atoms with Crippen LogP contribution in [-0.4, -0.2) is 22.2 Å². The van der Waals surface area contributed by atoms with Gasteiger partial charge in [0, 0.05) is 0 Å². The summed E-state index contributed by atoms with van der Waals surface area (Å²) in [6.07, 6.45) is 7.03. The molecule has 32 heavy (non-hydrogen) atoms. The molecule has 0 aliphatic carbocycles. The van der Waals surface area contributed by atoms with Gasteiger partial charge in [-0.15, -0.1) is 0 Å². The molecule has 0 unspecified atom stereocenters. The summed E-state index contributed by atoms with van der Waals surface area (Å²) in [5, 5.41) is 41.0. The maximum Gasteiger partial charge on any atom is 1.00 e. The van der Waals surface area contributed by atoms with Gasteiger partial charge in [0.15, 0.2) is 0 Å². The molecule has 0 atom stereocenters. The second-order valence-corrected chi connectivity index (χ2v) is 6.45. The van der Waals surface area contributed by atoms with Crippen LogP contribution in [0.25, 0.3) is 24.3 Å².